The van der Waals surface area contributed by atoms with Gasteiger partial charge in [-0.1, -0.05) is 69.2 Å². The van der Waals surface area contributed by atoms with Gasteiger partial charge in [-0.2, -0.15) is 0 Å². The molecule has 0 bridgehead atoms. The van der Waals surface area contributed by atoms with Crippen LogP contribution in [0.2, 0.25) is 0 Å². The second-order valence-electron chi connectivity index (χ2n) is 10.1. The van der Waals surface area contributed by atoms with Gasteiger partial charge < -0.3 is 15.4 Å². The van der Waals surface area contributed by atoms with E-state index in [-0.39, 0.29) is 33.7 Å². The third kappa shape index (κ3) is 8.91. The van der Waals surface area contributed by atoms with Crippen LogP contribution in [-0.4, -0.2) is 44.6 Å². The summed E-state index contributed by atoms with van der Waals surface area (Å²) in [7, 11) is 0. The van der Waals surface area contributed by atoms with Crippen molar-refractivity contribution in [1.29, 1.82) is 0 Å². The number of aromatic nitrogens is 3. The number of nitrogens with one attached hydrogen (secondary N) is 2. The molecule has 2 aromatic heterocycles. The number of ether oxygens (including phenoxy) is 1. The zero-order valence-electron chi connectivity index (χ0n) is 22.6. The molecule has 2 atom stereocenters. The van der Waals surface area contributed by atoms with Crippen LogP contribution in [0.3, 0.4) is 0 Å². The Labute approximate surface area is 229 Å². The average Bonchev–Trinajstić information content (AvgIpc) is 3.27. The van der Waals surface area contributed by atoms with Crippen LogP contribution < -0.4 is 16.4 Å². The first-order valence-electron chi connectivity index (χ1n) is 12.9. The summed E-state index contributed by atoms with van der Waals surface area (Å²) in [5.41, 5.74) is 1.19. The van der Waals surface area contributed by atoms with E-state index in [4.69, 9.17) is 9.26 Å². The van der Waals surface area contributed by atoms with Gasteiger partial charge in [-0.3, -0.25) is 19.1 Å². The summed E-state index contributed by atoms with van der Waals surface area (Å²) in [5, 5.41) is 9.18. The Balaban J connectivity index is 0.00000420. The predicted octanol–water partition coefficient (Wildman–Crippen LogP) is 3.83. The van der Waals surface area contributed by atoms with Crippen molar-refractivity contribution in [1.82, 2.24) is 25.3 Å². The summed E-state index contributed by atoms with van der Waals surface area (Å²) < 4.78 is 11.2. The van der Waals surface area contributed by atoms with E-state index < -0.39 is 35.6 Å². The Morgan fingerprint density at radius 3 is 2.26 bits per heavy atom. The largest absolute Gasteiger partial charge is 0.445 e. The minimum atomic E-state index is -0.918. The van der Waals surface area contributed by atoms with E-state index in [0.29, 0.717) is 18.5 Å². The molecule has 0 aliphatic heterocycles. The SMILES string of the molecule is CC(C)C[C@H](NC(=O)[C@H](CC(C)C)NC(=O)OCc1ccccc1)C(=O)Cn1c(-c2ccccn2)noc1=O.[HH].[HH]. The van der Waals surface area contributed by atoms with Crippen LogP contribution in [0.4, 0.5) is 4.79 Å². The van der Waals surface area contributed by atoms with E-state index in [1.807, 2.05) is 58.0 Å². The Bertz CT molecular complexity index is 1300. The maximum absolute atomic E-state index is 13.4. The third-order valence-electron chi connectivity index (χ3n) is 5.83. The molecule has 11 nitrogen and oxygen atoms in total. The quantitative estimate of drug-likeness (QED) is 0.332. The van der Waals surface area contributed by atoms with E-state index in [1.54, 1.807) is 18.2 Å². The molecule has 2 heterocycles. The first-order valence-corrected chi connectivity index (χ1v) is 12.9. The zero-order chi connectivity index (χ0) is 28.4. The van der Waals surface area contributed by atoms with Gasteiger partial charge >= 0.3 is 11.8 Å². The van der Waals surface area contributed by atoms with Gasteiger partial charge in [0.15, 0.2) is 5.78 Å². The van der Waals surface area contributed by atoms with Crippen LogP contribution in [0.1, 0.15) is 49.0 Å². The van der Waals surface area contributed by atoms with Crippen molar-refractivity contribution in [3.05, 3.63) is 70.8 Å². The van der Waals surface area contributed by atoms with E-state index >= 15 is 0 Å². The molecule has 2 N–H and O–H groups in total. The van der Waals surface area contributed by atoms with Gasteiger partial charge in [0.05, 0.1) is 12.6 Å². The highest BCUT2D eigenvalue weighted by Crippen LogP contribution is 2.14. The molecule has 3 aromatic rings. The van der Waals surface area contributed by atoms with Gasteiger partial charge in [0.1, 0.15) is 18.3 Å². The number of ketones is 1. The summed E-state index contributed by atoms with van der Waals surface area (Å²) in [6, 6.07) is 12.4. The Hall–Kier alpha value is -4.28. The van der Waals surface area contributed by atoms with Crippen molar-refractivity contribution < 1.29 is 26.5 Å². The molecule has 0 saturated heterocycles. The molecule has 212 valence electrons. The highest BCUT2D eigenvalue weighted by molar-refractivity contribution is 5.92. The summed E-state index contributed by atoms with van der Waals surface area (Å²) in [6.45, 7) is 7.37. The maximum Gasteiger partial charge on any atom is 0.442 e. The molecule has 0 aliphatic rings. The topological polar surface area (TPSA) is 145 Å². The fourth-order valence-corrected chi connectivity index (χ4v) is 3.98. The zero-order valence-corrected chi connectivity index (χ0v) is 22.6. The molecular formula is C28H39N5O6. The molecule has 3 rings (SSSR count). The number of pyridine rings is 1. The highest BCUT2D eigenvalue weighted by atomic mass is 16.5. The number of hydrogen-bond acceptors (Lipinski definition) is 8. The minimum Gasteiger partial charge on any atom is -0.445 e. The standard InChI is InChI=1S/C28H35N5O6.2H2/c1-18(2)14-22(24(34)16-33-25(32-39-28(33)37)21-12-8-9-13-29-21)30-26(35)23(15-19(3)4)31-27(36)38-17-20-10-6-5-7-11-20;;/h5-13,18-19,22-23H,14-17H2,1-4H3,(H,30,35)(H,31,36);2*1H/t22-,23-;;/m0../s1. The number of rotatable bonds is 13. The van der Waals surface area contributed by atoms with Gasteiger partial charge in [-0.15, -0.1) is 0 Å². The second kappa shape index (κ2) is 14.0. The van der Waals surface area contributed by atoms with Crippen molar-refractivity contribution in [2.75, 3.05) is 0 Å². The molecule has 1 aromatic carbocycles. The molecule has 39 heavy (non-hydrogen) atoms. The van der Waals surface area contributed by atoms with Crippen LogP contribution in [0.25, 0.3) is 11.5 Å². The fraction of sp³-hybridized carbons (Fsp3) is 0.429. The highest BCUT2D eigenvalue weighted by Gasteiger charge is 2.29. The van der Waals surface area contributed by atoms with Crippen molar-refractivity contribution in [2.45, 2.75) is 65.8 Å². The summed E-state index contributed by atoms with van der Waals surface area (Å²) >= 11 is 0. The van der Waals surface area contributed by atoms with E-state index in [0.717, 1.165) is 10.1 Å². The van der Waals surface area contributed by atoms with Crippen molar-refractivity contribution in [3.63, 3.8) is 0 Å². The van der Waals surface area contributed by atoms with Gasteiger partial charge in [-0.25, -0.2) is 14.2 Å². The predicted molar refractivity (Wildman–Crippen MR) is 148 cm³/mol. The minimum absolute atomic E-state index is 0. The number of amides is 2. The van der Waals surface area contributed by atoms with Crippen molar-refractivity contribution in [2.24, 2.45) is 11.8 Å². The lowest BCUT2D eigenvalue weighted by Crippen LogP contribution is -2.53. The summed E-state index contributed by atoms with van der Waals surface area (Å²) in [6.07, 6.45) is 1.47. The van der Waals surface area contributed by atoms with Crippen LogP contribution in [0, 0.1) is 11.8 Å². The first-order chi connectivity index (χ1) is 18.6. The van der Waals surface area contributed by atoms with Crippen LogP contribution in [-0.2, 0) is 27.5 Å². The molecule has 0 unspecified atom stereocenters. The fourth-order valence-electron chi connectivity index (χ4n) is 3.98. The third-order valence-corrected chi connectivity index (χ3v) is 5.83. The molecule has 2 amide bonds. The molecular weight excluding hydrogens is 502 g/mol. The molecule has 0 fully saturated rings. The summed E-state index contributed by atoms with van der Waals surface area (Å²) in [5.74, 6) is -1.48. The average molecular weight is 542 g/mol. The van der Waals surface area contributed by atoms with E-state index in [2.05, 4.69) is 20.8 Å². The monoisotopic (exact) mass is 541 g/mol. The van der Waals surface area contributed by atoms with Crippen molar-refractivity contribution in [3.8, 4) is 11.5 Å². The van der Waals surface area contributed by atoms with Gasteiger partial charge in [0.25, 0.3) is 0 Å². The smallest absolute Gasteiger partial charge is 0.442 e. The van der Waals surface area contributed by atoms with Crippen molar-refractivity contribution >= 4 is 17.8 Å². The first kappa shape index (κ1) is 29.3. The normalized spacial score (nSPS) is 12.7. The van der Waals surface area contributed by atoms with Gasteiger partial charge in [-0.05, 0) is 42.4 Å². The molecule has 0 saturated carbocycles. The molecule has 0 radical (unpaired) electrons. The van der Waals surface area contributed by atoms with Gasteiger partial charge in [0.2, 0.25) is 11.7 Å². The van der Waals surface area contributed by atoms with Crippen LogP contribution in [0.15, 0.2) is 64.0 Å². The molecule has 0 spiro atoms. The molecule has 0 aliphatic carbocycles. The number of Topliss-reactive ketones (excluding diaryl/α,β-unsaturated/α-hetero) is 1. The van der Waals surface area contributed by atoms with E-state index in [1.165, 1.54) is 6.20 Å². The molecule has 11 heteroatoms. The maximum atomic E-state index is 13.4. The van der Waals surface area contributed by atoms with Gasteiger partial charge in [0, 0.05) is 9.05 Å². The lowest BCUT2D eigenvalue weighted by Gasteiger charge is -2.25. The second-order valence-corrected chi connectivity index (χ2v) is 10.1. The lowest BCUT2D eigenvalue weighted by atomic mass is 9.98. The summed E-state index contributed by atoms with van der Waals surface area (Å²) in [4.78, 5) is 55.7. The number of hydrogen-bond donors (Lipinski definition) is 2. The number of carbonyl (C=O) groups is 3. The van der Waals surface area contributed by atoms with E-state index in [9.17, 15) is 19.2 Å². The van der Waals surface area contributed by atoms with Crippen LogP contribution in [0.5, 0.6) is 0 Å². The Kier molecular flexibility index (Phi) is 10.5. The number of carbonyl (C=O) groups excluding carboxylic acids is 3. The number of nitrogens with zero attached hydrogens (tertiary/aromatic N) is 3. The number of alkyl carbamates (subject to hydrolysis) is 1. The Morgan fingerprint density at radius 2 is 1.62 bits per heavy atom. The number of benzene rings is 1. The Morgan fingerprint density at radius 1 is 0.949 bits per heavy atom. The van der Waals surface area contributed by atoms with Crippen LogP contribution >= 0.6 is 0 Å². The lowest BCUT2D eigenvalue weighted by molar-refractivity contribution is -0.129.